The first kappa shape index (κ1) is 11.4. The van der Waals surface area contributed by atoms with Gasteiger partial charge in [0.1, 0.15) is 0 Å². The normalized spacial score (nSPS) is 12.6. The molecule has 0 fully saturated rings. The van der Waals surface area contributed by atoms with Crippen LogP contribution in [0.4, 0.5) is 5.69 Å². The first-order valence-electron chi connectivity index (χ1n) is 4.92. The van der Waals surface area contributed by atoms with E-state index in [2.05, 4.69) is 0 Å². The van der Waals surface area contributed by atoms with E-state index in [4.69, 9.17) is 5.73 Å². The smallest absolute Gasteiger partial charge is 0.0621 e. The molecule has 1 heterocycles. The van der Waals surface area contributed by atoms with E-state index in [-0.39, 0.29) is 0 Å². The third-order valence-electron chi connectivity index (χ3n) is 2.29. The van der Waals surface area contributed by atoms with Gasteiger partial charge >= 0.3 is 0 Å². The van der Waals surface area contributed by atoms with Crippen molar-refractivity contribution in [2.24, 2.45) is 0 Å². The van der Waals surface area contributed by atoms with Gasteiger partial charge in [-0.15, -0.1) is 0 Å². The van der Waals surface area contributed by atoms with Crippen LogP contribution in [0.25, 0.3) is 0 Å². The number of rotatable bonds is 3. The standard InChI is InChI=1S/C12H13NOS2/c1-9-2-3-12(11(13)6-9)16(14)8-10-4-5-15-7-10/h2-7H,8,13H2,1H3. The molecule has 2 rings (SSSR count). The van der Waals surface area contributed by atoms with Crippen molar-refractivity contribution in [3.05, 3.63) is 46.2 Å². The van der Waals surface area contributed by atoms with E-state index in [1.807, 2.05) is 41.9 Å². The zero-order valence-electron chi connectivity index (χ0n) is 8.97. The van der Waals surface area contributed by atoms with Gasteiger partial charge in [-0.2, -0.15) is 11.3 Å². The zero-order chi connectivity index (χ0) is 11.5. The van der Waals surface area contributed by atoms with E-state index in [9.17, 15) is 4.21 Å². The van der Waals surface area contributed by atoms with E-state index in [1.165, 1.54) is 0 Å². The first-order valence-corrected chi connectivity index (χ1v) is 7.18. The van der Waals surface area contributed by atoms with Crippen LogP contribution in [0.3, 0.4) is 0 Å². The average molecular weight is 251 g/mol. The molecule has 1 unspecified atom stereocenters. The van der Waals surface area contributed by atoms with Gasteiger partial charge in [0, 0.05) is 5.69 Å². The van der Waals surface area contributed by atoms with Crippen LogP contribution in [0, 0.1) is 6.92 Å². The van der Waals surface area contributed by atoms with Crippen LogP contribution >= 0.6 is 11.3 Å². The predicted molar refractivity (Wildman–Crippen MR) is 70.0 cm³/mol. The summed E-state index contributed by atoms with van der Waals surface area (Å²) in [4.78, 5) is 0.733. The van der Waals surface area contributed by atoms with Gasteiger partial charge in [0.2, 0.25) is 0 Å². The number of thiophene rings is 1. The molecule has 0 spiro atoms. The Labute approximate surface area is 102 Å². The van der Waals surface area contributed by atoms with Crippen LogP contribution in [0.2, 0.25) is 0 Å². The summed E-state index contributed by atoms with van der Waals surface area (Å²) in [7, 11) is -1.05. The first-order chi connectivity index (χ1) is 7.66. The highest BCUT2D eigenvalue weighted by Crippen LogP contribution is 2.21. The summed E-state index contributed by atoms with van der Waals surface area (Å²) in [5, 5.41) is 4.01. The highest BCUT2D eigenvalue weighted by molar-refractivity contribution is 7.84. The number of hydrogen-bond acceptors (Lipinski definition) is 3. The minimum Gasteiger partial charge on any atom is -0.398 e. The molecule has 4 heteroatoms. The maximum Gasteiger partial charge on any atom is 0.0621 e. The lowest BCUT2D eigenvalue weighted by molar-refractivity contribution is 0.683. The van der Waals surface area contributed by atoms with Crippen LogP contribution in [-0.2, 0) is 16.6 Å². The molecule has 0 radical (unpaired) electrons. The number of aryl methyl sites for hydroxylation is 1. The van der Waals surface area contributed by atoms with Crippen molar-refractivity contribution < 1.29 is 4.21 Å². The molecule has 0 aliphatic carbocycles. The lowest BCUT2D eigenvalue weighted by Crippen LogP contribution is -2.00. The Morgan fingerprint density at radius 2 is 2.19 bits per heavy atom. The Balaban J connectivity index is 2.21. The minimum absolute atomic E-state index is 0.538. The molecule has 16 heavy (non-hydrogen) atoms. The Bertz CT molecular complexity index is 506. The second-order valence-corrected chi connectivity index (χ2v) is 5.86. The fourth-order valence-electron chi connectivity index (χ4n) is 1.48. The molecule has 1 aromatic heterocycles. The fraction of sp³-hybridized carbons (Fsp3) is 0.167. The Kier molecular flexibility index (Phi) is 3.41. The van der Waals surface area contributed by atoms with Crippen LogP contribution in [0.5, 0.6) is 0 Å². The quantitative estimate of drug-likeness (QED) is 0.852. The summed E-state index contributed by atoms with van der Waals surface area (Å²) in [6.07, 6.45) is 0. The second kappa shape index (κ2) is 4.80. The third kappa shape index (κ3) is 2.51. The second-order valence-electron chi connectivity index (χ2n) is 3.66. The summed E-state index contributed by atoms with van der Waals surface area (Å²) in [5.41, 5.74) is 8.67. The highest BCUT2D eigenvalue weighted by Gasteiger charge is 2.09. The summed E-state index contributed by atoms with van der Waals surface area (Å²) >= 11 is 1.62. The van der Waals surface area contributed by atoms with Gasteiger partial charge in [-0.1, -0.05) is 6.07 Å². The minimum atomic E-state index is -1.05. The molecule has 0 bridgehead atoms. The van der Waals surface area contributed by atoms with Crippen molar-refractivity contribution in [3.8, 4) is 0 Å². The SMILES string of the molecule is Cc1ccc(S(=O)Cc2ccsc2)c(N)c1. The maximum atomic E-state index is 12.1. The Morgan fingerprint density at radius 1 is 1.38 bits per heavy atom. The van der Waals surface area contributed by atoms with Crippen molar-refractivity contribution in [2.75, 3.05) is 5.73 Å². The van der Waals surface area contributed by atoms with Crippen LogP contribution in [-0.4, -0.2) is 4.21 Å². The topological polar surface area (TPSA) is 43.1 Å². The van der Waals surface area contributed by atoms with E-state index >= 15 is 0 Å². The number of benzene rings is 1. The zero-order valence-corrected chi connectivity index (χ0v) is 10.6. The fourth-order valence-corrected chi connectivity index (χ4v) is 3.43. The van der Waals surface area contributed by atoms with E-state index in [0.29, 0.717) is 11.4 Å². The van der Waals surface area contributed by atoms with Gasteiger partial charge in [0.05, 0.1) is 21.4 Å². The summed E-state index contributed by atoms with van der Waals surface area (Å²) in [6, 6.07) is 7.65. The molecular formula is C12H13NOS2. The molecular weight excluding hydrogens is 238 g/mol. The summed E-state index contributed by atoms with van der Waals surface area (Å²) < 4.78 is 12.1. The van der Waals surface area contributed by atoms with Gasteiger partial charge in [0.25, 0.3) is 0 Å². The monoisotopic (exact) mass is 251 g/mol. The molecule has 2 nitrogen and oxygen atoms in total. The van der Waals surface area contributed by atoms with Gasteiger partial charge in [-0.05, 0) is 47.0 Å². The third-order valence-corrected chi connectivity index (χ3v) is 4.48. The van der Waals surface area contributed by atoms with E-state index < -0.39 is 10.8 Å². The van der Waals surface area contributed by atoms with Gasteiger partial charge in [-0.25, -0.2) is 0 Å². The molecule has 1 aromatic carbocycles. The van der Waals surface area contributed by atoms with Gasteiger partial charge < -0.3 is 5.73 Å². The van der Waals surface area contributed by atoms with Crippen molar-refractivity contribution in [1.82, 2.24) is 0 Å². The van der Waals surface area contributed by atoms with E-state index in [1.54, 1.807) is 11.3 Å². The number of hydrogen-bond donors (Lipinski definition) is 1. The predicted octanol–water partition coefficient (Wildman–Crippen LogP) is 2.95. The molecule has 2 aromatic rings. The molecule has 0 amide bonds. The number of anilines is 1. The largest absolute Gasteiger partial charge is 0.398 e. The summed E-state index contributed by atoms with van der Waals surface area (Å²) in [6.45, 7) is 1.97. The molecule has 1 atom stereocenters. The van der Waals surface area contributed by atoms with Crippen molar-refractivity contribution in [3.63, 3.8) is 0 Å². The van der Waals surface area contributed by atoms with Crippen LogP contribution < -0.4 is 5.73 Å². The maximum absolute atomic E-state index is 12.1. The van der Waals surface area contributed by atoms with Crippen LogP contribution in [0.1, 0.15) is 11.1 Å². The molecule has 0 aliphatic heterocycles. The molecule has 0 aliphatic rings. The summed E-state index contributed by atoms with van der Waals surface area (Å²) in [5.74, 6) is 0.538. The molecule has 84 valence electrons. The lowest BCUT2D eigenvalue weighted by atomic mass is 10.2. The van der Waals surface area contributed by atoms with E-state index in [0.717, 1.165) is 16.0 Å². The average Bonchev–Trinajstić information content (AvgIpc) is 2.70. The molecule has 0 saturated carbocycles. The van der Waals surface area contributed by atoms with Crippen molar-refractivity contribution >= 4 is 27.8 Å². The number of nitrogens with two attached hydrogens (primary N) is 1. The Hall–Kier alpha value is -1.13. The Morgan fingerprint density at radius 3 is 2.81 bits per heavy atom. The number of nitrogen functional groups attached to an aromatic ring is 1. The van der Waals surface area contributed by atoms with Gasteiger partial charge in [-0.3, -0.25) is 4.21 Å². The van der Waals surface area contributed by atoms with Gasteiger partial charge in [0.15, 0.2) is 0 Å². The molecule has 2 N–H and O–H groups in total. The van der Waals surface area contributed by atoms with Crippen LogP contribution in [0.15, 0.2) is 39.9 Å². The van der Waals surface area contributed by atoms with Crippen molar-refractivity contribution in [2.45, 2.75) is 17.6 Å². The lowest BCUT2D eigenvalue weighted by Gasteiger charge is -2.05. The molecule has 0 saturated heterocycles. The highest BCUT2D eigenvalue weighted by atomic mass is 32.2. The van der Waals surface area contributed by atoms with Crippen molar-refractivity contribution in [1.29, 1.82) is 0 Å².